The number of nitrogens with zero attached hydrogens (tertiary/aromatic N) is 3. The number of aromatic nitrogens is 2. The van der Waals surface area contributed by atoms with Crippen LogP contribution in [0.1, 0.15) is 50.1 Å². The molecule has 10 heteroatoms. The molecule has 0 radical (unpaired) electrons. The zero-order valence-electron chi connectivity index (χ0n) is 22.3. The molecule has 1 aliphatic heterocycles. The van der Waals surface area contributed by atoms with Crippen LogP contribution in [0.25, 0.3) is 11.0 Å². The van der Waals surface area contributed by atoms with Crippen LogP contribution in [0.5, 0.6) is 0 Å². The van der Waals surface area contributed by atoms with Gasteiger partial charge in [0, 0.05) is 31.4 Å². The van der Waals surface area contributed by atoms with Crippen molar-refractivity contribution in [3.63, 3.8) is 0 Å². The zero-order valence-corrected chi connectivity index (χ0v) is 22.3. The standard InChI is InChI=1S/C28H37N7O3/c1-4-15-38-25(36)18-32-28(2,27(37)35-13-5-6-14-35)20-9-12-23-22(16-20)33-24(34(23)3)17-31-21-10-7-19(8-11-21)26(29)30/h7-12,16,31-32H,4-6,13-15,17-18H2,1-3H3,(H3,29,30)/t28-/m1/s1. The van der Waals surface area contributed by atoms with Crippen molar-refractivity contribution >= 4 is 34.4 Å². The minimum Gasteiger partial charge on any atom is -0.465 e. The van der Waals surface area contributed by atoms with E-state index in [1.807, 2.05) is 60.7 Å². The summed E-state index contributed by atoms with van der Waals surface area (Å²) < 4.78 is 7.25. The van der Waals surface area contributed by atoms with Crippen LogP contribution >= 0.6 is 0 Å². The topological polar surface area (TPSA) is 138 Å². The molecular weight excluding hydrogens is 482 g/mol. The number of rotatable bonds is 11. The molecule has 202 valence electrons. The first-order valence-corrected chi connectivity index (χ1v) is 13.1. The highest BCUT2D eigenvalue weighted by Crippen LogP contribution is 2.29. The molecule has 1 amide bonds. The number of benzene rings is 2. The third-order valence-electron chi connectivity index (χ3n) is 7.07. The van der Waals surface area contributed by atoms with Crippen molar-refractivity contribution in [2.75, 3.05) is 31.6 Å². The molecule has 4 rings (SSSR count). The predicted octanol–water partition coefficient (Wildman–Crippen LogP) is 2.85. The average Bonchev–Trinajstić information content (AvgIpc) is 3.57. The molecule has 2 aromatic carbocycles. The van der Waals surface area contributed by atoms with E-state index in [1.54, 1.807) is 12.1 Å². The first-order valence-electron chi connectivity index (χ1n) is 13.1. The van der Waals surface area contributed by atoms with Crippen molar-refractivity contribution in [2.45, 2.75) is 45.2 Å². The van der Waals surface area contributed by atoms with E-state index in [1.165, 1.54) is 0 Å². The van der Waals surface area contributed by atoms with Gasteiger partial charge in [0.2, 0.25) is 5.91 Å². The summed E-state index contributed by atoms with van der Waals surface area (Å²) in [6.07, 6.45) is 2.70. The van der Waals surface area contributed by atoms with Gasteiger partial charge < -0.3 is 25.3 Å². The molecule has 0 unspecified atom stereocenters. The Balaban J connectivity index is 1.57. The SMILES string of the molecule is CCCOC(=O)CN[C@@](C)(C(=O)N1CCCC1)c1ccc2c(c1)nc(CNc1ccc(C(=N)N)cc1)n2C. The fraction of sp³-hybridized carbons (Fsp3) is 0.429. The Labute approximate surface area is 223 Å². The lowest BCUT2D eigenvalue weighted by Gasteiger charge is -2.34. The number of esters is 1. The Bertz CT molecular complexity index is 1310. The van der Waals surface area contributed by atoms with Gasteiger partial charge in [0.1, 0.15) is 17.2 Å². The van der Waals surface area contributed by atoms with Crippen LogP contribution in [0.2, 0.25) is 0 Å². The number of aryl methyl sites for hydroxylation is 1. The quantitative estimate of drug-likeness (QED) is 0.174. The Kier molecular flexibility index (Phi) is 8.31. The fourth-order valence-electron chi connectivity index (χ4n) is 4.72. The number of fused-ring (bicyclic) bond motifs is 1. The second kappa shape index (κ2) is 11.6. The van der Waals surface area contributed by atoms with Crippen molar-refractivity contribution in [1.82, 2.24) is 19.8 Å². The minimum absolute atomic E-state index is 0.0326. The van der Waals surface area contributed by atoms with Crippen LogP contribution in [0, 0.1) is 5.41 Å². The van der Waals surface area contributed by atoms with Gasteiger partial charge in [0.25, 0.3) is 0 Å². The maximum absolute atomic E-state index is 13.7. The predicted molar refractivity (Wildman–Crippen MR) is 148 cm³/mol. The Morgan fingerprint density at radius 2 is 1.87 bits per heavy atom. The van der Waals surface area contributed by atoms with Crippen LogP contribution < -0.4 is 16.4 Å². The third kappa shape index (κ3) is 5.80. The van der Waals surface area contributed by atoms with Crippen LogP contribution in [-0.4, -0.2) is 58.4 Å². The number of anilines is 1. The van der Waals surface area contributed by atoms with E-state index in [0.717, 1.165) is 47.4 Å². The van der Waals surface area contributed by atoms with Gasteiger partial charge in [-0.1, -0.05) is 13.0 Å². The molecule has 2 heterocycles. The van der Waals surface area contributed by atoms with E-state index in [4.69, 9.17) is 20.9 Å². The number of imidazole rings is 1. The number of amides is 1. The molecule has 5 N–H and O–H groups in total. The molecule has 1 atom stereocenters. The fourth-order valence-corrected chi connectivity index (χ4v) is 4.72. The lowest BCUT2D eigenvalue weighted by Crippen LogP contribution is -2.54. The van der Waals surface area contributed by atoms with E-state index >= 15 is 0 Å². The molecule has 0 aliphatic carbocycles. The van der Waals surface area contributed by atoms with Gasteiger partial charge in [-0.3, -0.25) is 20.3 Å². The Hall–Kier alpha value is -3.92. The molecule has 0 spiro atoms. The third-order valence-corrected chi connectivity index (χ3v) is 7.07. The summed E-state index contributed by atoms with van der Waals surface area (Å²) in [7, 11) is 1.96. The lowest BCUT2D eigenvalue weighted by atomic mass is 9.89. The number of ether oxygens (including phenoxy) is 1. The largest absolute Gasteiger partial charge is 0.465 e. The maximum Gasteiger partial charge on any atom is 0.319 e. The molecule has 0 bridgehead atoms. The molecular formula is C28H37N7O3. The van der Waals surface area contributed by atoms with Gasteiger partial charge in [-0.15, -0.1) is 0 Å². The number of likely N-dealkylation sites (tertiary alicyclic amines) is 1. The monoisotopic (exact) mass is 519 g/mol. The van der Waals surface area contributed by atoms with Gasteiger partial charge >= 0.3 is 5.97 Å². The number of carbonyl (C=O) groups is 2. The highest BCUT2D eigenvalue weighted by molar-refractivity contribution is 5.95. The van der Waals surface area contributed by atoms with Crippen molar-refractivity contribution in [1.29, 1.82) is 5.41 Å². The molecule has 1 aliphatic rings. The second-order valence-corrected chi connectivity index (χ2v) is 9.83. The molecule has 10 nitrogen and oxygen atoms in total. The highest BCUT2D eigenvalue weighted by atomic mass is 16.5. The number of hydrogen-bond acceptors (Lipinski definition) is 7. The van der Waals surface area contributed by atoms with Crippen LogP contribution in [0.3, 0.4) is 0 Å². The number of hydrogen-bond donors (Lipinski definition) is 4. The Morgan fingerprint density at radius 1 is 1.16 bits per heavy atom. The summed E-state index contributed by atoms with van der Waals surface area (Å²) >= 11 is 0. The van der Waals surface area contributed by atoms with Gasteiger partial charge in [-0.2, -0.15) is 0 Å². The Morgan fingerprint density at radius 3 is 2.53 bits per heavy atom. The van der Waals surface area contributed by atoms with Crippen LogP contribution in [0.15, 0.2) is 42.5 Å². The van der Waals surface area contributed by atoms with Crippen molar-refractivity contribution in [3.8, 4) is 0 Å². The average molecular weight is 520 g/mol. The normalized spacial score (nSPS) is 14.9. The van der Waals surface area contributed by atoms with E-state index in [0.29, 0.717) is 31.8 Å². The first kappa shape index (κ1) is 27.1. The van der Waals surface area contributed by atoms with E-state index < -0.39 is 5.54 Å². The summed E-state index contributed by atoms with van der Waals surface area (Å²) in [4.78, 5) is 32.7. The summed E-state index contributed by atoms with van der Waals surface area (Å²) in [5.41, 5.74) is 8.47. The summed E-state index contributed by atoms with van der Waals surface area (Å²) in [6, 6.07) is 13.2. The lowest BCUT2D eigenvalue weighted by molar-refractivity contribution is -0.144. The first-order chi connectivity index (χ1) is 18.2. The maximum atomic E-state index is 13.7. The smallest absolute Gasteiger partial charge is 0.319 e. The van der Waals surface area contributed by atoms with E-state index in [9.17, 15) is 9.59 Å². The van der Waals surface area contributed by atoms with Gasteiger partial charge in [0.05, 0.1) is 30.7 Å². The van der Waals surface area contributed by atoms with Crippen molar-refractivity contribution in [3.05, 3.63) is 59.4 Å². The van der Waals surface area contributed by atoms with Gasteiger partial charge in [-0.05, 0) is 68.1 Å². The molecule has 38 heavy (non-hydrogen) atoms. The molecule has 1 fully saturated rings. The van der Waals surface area contributed by atoms with E-state index in [2.05, 4.69) is 10.6 Å². The number of nitrogens with two attached hydrogens (primary N) is 1. The van der Waals surface area contributed by atoms with Gasteiger partial charge in [0.15, 0.2) is 0 Å². The van der Waals surface area contributed by atoms with Crippen molar-refractivity contribution < 1.29 is 14.3 Å². The second-order valence-electron chi connectivity index (χ2n) is 9.83. The number of carbonyl (C=O) groups excluding carboxylic acids is 2. The summed E-state index contributed by atoms with van der Waals surface area (Å²) in [5, 5.41) is 14.1. The van der Waals surface area contributed by atoms with Crippen molar-refractivity contribution in [2.24, 2.45) is 12.8 Å². The number of nitrogens with one attached hydrogen (secondary N) is 3. The number of amidine groups is 1. The van der Waals surface area contributed by atoms with Crippen LogP contribution in [0.4, 0.5) is 5.69 Å². The molecule has 3 aromatic rings. The minimum atomic E-state index is -1.10. The molecule has 0 saturated carbocycles. The molecule has 1 saturated heterocycles. The molecule has 1 aromatic heterocycles. The highest BCUT2D eigenvalue weighted by Gasteiger charge is 2.39. The summed E-state index contributed by atoms with van der Waals surface area (Å²) in [6.45, 7) is 5.99. The zero-order chi connectivity index (χ0) is 27.3. The number of nitrogen functional groups attached to an aromatic ring is 1. The summed E-state index contributed by atoms with van der Waals surface area (Å²) in [5.74, 6) is 0.433. The van der Waals surface area contributed by atoms with Gasteiger partial charge in [-0.25, -0.2) is 4.98 Å². The van der Waals surface area contributed by atoms with Crippen LogP contribution in [-0.2, 0) is 33.5 Å². The van der Waals surface area contributed by atoms with E-state index in [-0.39, 0.29) is 24.3 Å².